The molecule has 0 amide bonds. The molecule has 0 aromatic heterocycles. The number of nitrogens with one attached hydrogen (secondary N) is 1. The highest BCUT2D eigenvalue weighted by molar-refractivity contribution is 5.75. The van der Waals surface area contributed by atoms with Gasteiger partial charge >= 0.3 is 5.97 Å². The lowest BCUT2D eigenvalue weighted by Gasteiger charge is -2.15. The molecule has 1 aromatic rings. The second kappa shape index (κ2) is 7.55. The van der Waals surface area contributed by atoms with Crippen LogP contribution in [-0.2, 0) is 9.53 Å². The molecule has 100 valence electrons. The van der Waals surface area contributed by atoms with E-state index in [-0.39, 0.29) is 12.6 Å². The number of hydrogen-bond acceptors (Lipinski definition) is 5. The van der Waals surface area contributed by atoms with E-state index in [1.807, 2.05) is 12.1 Å². The molecule has 0 bridgehead atoms. The van der Waals surface area contributed by atoms with Crippen molar-refractivity contribution in [2.45, 2.75) is 13.0 Å². The minimum atomic E-state index is -0.476. The zero-order valence-electron chi connectivity index (χ0n) is 10.9. The maximum atomic E-state index is 11.5. The van der Waals surface area contributed by atoms with Gasteiger partial charge in [0.05, 0.1) is 13.7 Å². The van der Waals surface area contributed by atoms with Gasteiger partial charge in [-0.15, -0.1) is 0 Å². The Morgan fingerprint density at radius 3 is 2.72 bits per heavy atom. The molecule has 0 saturated carbocycles. The molecule has 0 spiro atoms. The van der Waals surface area contributed by atoms with Gasteiger partial charge in [0.2, 0.25) is 0 Å². The lowest BCUT2D eigenvalue weighted by Crippen LogP contribution is -2.40. The highest BCUT2D eigenvalue weighted by Crippen LogP contribution is 2.18. The molecule has 0 aliphatic carbocycles. The van der Waals surface area contributed by atoms with Crippen LogP contribution < -0.4 is 14.8 Å². The largest absolute Gasteiger partial charge is 0.497 e. The summed E-state index contributed by atoms with van der Waals surface area (Å²) >= 11 is 0. The Morgan fingerprint density at radius 1 is 1.39 bits per heavy atom. The Labute approximate surface area is 107 Å². The third kappa shape index (κ3) is 4.25. The predicted octanol–water partition coefficient (Wildman–Crippen LogP) is 1.23. The first-order chi connectivity index (χ1) is 8.71. The lowest BCUT2D eigenvalue weighted by atomic mass is 10.3. The van der Waals surface area contributed by atoms with E-state index in [4.69, 9.17) is 14.2 Å². The summed E-state index contributed by atoms with van der Waals surface area (Å²) in [5.74, 6) is 1.05. The molecule has 0 fully saturated rings. The molecule has 5 heteroatoms. The molecule has 5 nitrogen and oxygen atoms in total. The van der Waals surface area contributed by atoms with Crippen molar-refractivity contribution >= 4 is 5.97 Å². The molecular weight excluding hydrogens is 234 g/mol. The zero-order valence-corrected chi connectivity index (χ0v) is 10.9. The van der Waals surface area contributed by atoms with Crippen LogP contribution in [0.2, 0.25) is 0 Å². The minimum Gasteiger partial charge on any atom is -0.497 e. The highest BCUT2D eigenvalue weighted by atomic mass is 16.5. The van der Waals surface area contributed by atoms with E-state index in [1.54, 1.807) is 33.2 Å². The Balaban J connectivity index is 2.53. The van der Waals surface area contributed by atoms with Crippen molar-refractivity contribution in [3.05, 3.63) is 24.3 Å². The standard InChI is InChI=1S/C13H19NO4/c1-4-17-13(15)12(14-2)9-18-11-7-5-6-10(8-11)16-3/h5-8,12,14H,4,9H2,1-3H3. The van der Waals surface area contributed by atoms with Crippen molar-refractivity contribution in [1.29, 1.82) is 0 Å². The van der Waals surface area contributed by atoms with Crippen molar-refractivity contribution in [2.24, 2.45) is 0 Å². The number of carbonyl (C=O) groups excluding carboxylic acids is 1. The minimum absolute atomic E-state index is 0.211. The van der Waals surface area contributed by atoms with Crippen molar-refractivity contribution in [2.75, 3.05) is 27.4 Å². The molecule has 0 aliphatic rings. The van der Waals surface area contributed by atoms with Gasteiger partial charge in [-0.3, -0.25) is 4.79 Å². The first kappa shape index (κ1) is 14.3. The molecule has 1 unspecified atom stereocenters. The van der Waals surface area contributed by atoms with Crippen molar-refractivity contribution in [3.8, 4) is 11.5 Å². The van der Waals surface area contributed by atoms with E-state index in [2.05, 4.69) is 5.32 Å². The molecule has 0 heterocycles. The second-order valence-corrected chi connectivity index (χ2v) is 3.58. The average Bonchev–Trinajstić information content (AvgIpc) is 2.40. The number of carbonyl (C=O) groups is 1. The fourth-order valence-electron chi connectivity index (χ4n) is 1.38. The number of hydrogen-bond donors (Lipinski definition) is 1. The van der Waals surface area contributed by atoms with E-state index in [0.29, 0.717) is 18.1 Å². The molecule has 1 rings (SSSR count). The van der Waals surface area contributed by atoms with Crippen LogP contribution in [0.4, 0.5) is 0 Å². The Kier molecular flexibility index (Phi) is 6.00. The fourth-order valence-corrected chi connectivity index (χ4v) is 1.38. The molecule has 1 aromatic carbocycles. The Morgan fingerprint density at radius 2 is 2.11 bits per heavy atom. The third-order valence-electron chi connectivity index (χ3n) is 2.38. The van der Waals surface area contributed by atoms with E-state index in [9.17, 15) is 4.79 Å². The van der Waals surface area contributed by atoms with Crippen LogP contribution in [0.3, 0.4) is 0 Å². The second-order valence-electron chi connectivity index (χ2n) is 3.58. The number of rotatable bonds is 7. The zero-order chi connectivity index (χ0) is 13.4. The molecule has 1 atom stereocenters. The third-order valence-corrected chi connectivity index (χ3v) is 2.38. The number of methoxy groups -OCH3 is 1. The highest BCUT2D eigenvalue weighted by Gasteiger charge is 2.18. The molecule has 0 saturated heterocycles. The SMILES string of the molecule is CCOC(=O)C(COc1cccc(OC)c1)NC. The number of esters is 1. The molecule has 18 heavy (non-hydrogen) atoms. The summed E-state index contributed by atoms with van der Waals surface area (Å²) < 4.78 is 15.5. The van der Waals surface area contributed by atoms with Gasteiger partial charge in [0.25, 0.3) is 0 Å². The maximum Gasteiger partial charge on any atom is 0.326 e. The van der Waals surface area contributed by atoms with Crippen LogP contribution in [0.5, 0.6) is 11.5 Å². The summed E-state index contributed by atoms with van der Waals surface area (Å²) in [4.78, 5) is 11.5. The van der Waals surface area contributed by atoms with Crippen molar-refractivity contribution in [3.63, 3.8) is 0 Å². The summed E-state index contributed by atoms with van der Waals surface area (Å²) in [7, 11) is 3.28. The van der Waals surface area contributed by atoms with E-state index in [0.717, 1.165) is 0 Å². The van der Waals surface area contributed by atoms with E-state index in [1.165, 1.54) is 0 Å². The topological polar surface area (TPSA) is 56.8 Å². The quantitative estimate of drug-likeness (QED) is 0.741. The van der Waals surface area contributed by atoms with Gasteiger partial charge in [0.15, 0.2) is 0 Å². The number of ether oxygens (including phenoxy) is 3. The summed E-state index contributed by atoms with van der Waals surface area (Å²) in [6.45, 7) is 2.34. The summed E-state index contributed by atoms with van der Waals surface area (Å²) in [6, 6.07) is 6.75. The molecular formula is C13H19NO4. The van der Waals surface area contributed by atoms with Gasteiger partial charge in [-0.25, -0.2) is 0 Å². The number of benzene rings is 1. The first-order valence-electron chi connectivity index (χ1n) is 5.82. The molecule has 0 radical (unpaired) electrons. The van der Waals surface area contributed by atoms with Gasteiger partial charge in [0, 0.05) is 6.07 Å². The normalized spacial score (nSPS) is 11.7. The number of likely N-dealkylation sites (N-methyl/N-ethyl adjacent to an activating group) is 1. The van der Waals surface area contributed by atoms with Crippen LogP contribution in [0.15, 0.2) is 24.3 Å². The fraction of sp³-hybridized carbons (Fsp3) is 0.462. The van der Waals surface area contributed by atoms with Gasteiger partial charge in [-0.2, -0.15) is 0 Å². The van der Waals surface area contributed by atoms with E-state index >= 15 is 0 Å². The average molecular weight is 253 g/mol. The summed E-state index contributed by atoms with van der Waals surface area (Å²) in [5.41, 5.74) is 0. The monoisotopic (exact) mass is 253 g/mol. The lowest BCUT2D eigenvalue weighted by molar-refractivity contribution is -0.146. The van der Waals surface area contributed by atoms with Crippen LogP contribution in [-0.4, -0.2) is 39.4 Å². The summed E-state index contributed by atoms with van der Waals surface area (Å²) in [6.07, 6.45) is 0. The van der Waals surface area contributed by atoms with Crippen molar-refractivity contribution < 1.29 is 19.0 Å². The van der Waals surface area contributed by atoms with Gasteiger partial charge < -0.3 is 19.5 Å². The Hall–Kier alpha value is -1.75. The predicted molar refractivity (Wildman–Crippen MR) is 68.0 cm³/mol. The van der Waals surface area contributed by atoms with Crippen LogP contribution in [0, 0.1) is 0 Å². The van der Waals surface area contributed by atoms with Gasteiger partial charge in [-0.05, 0) is 26.1 Å². The smallest absolute Gasteiger partial charge is 0.326 e. The van der Waals surface area contributed by atoms with Crippen LogP contribution >= 0.6 is 0 Å². The molecule has 1 N–H and O–H groups in total. The van der Waals surface area contributed by atoms with Gasteiger partial charge in [0.1, 0.15) is 24.1 Å². The van der Waals surface area contributed by atoms with E-state index < -0.39 is 6.04 Å². The summed E-state index contributed by atoms with van der Waals surface area (Å²) in [5, 5.41) is 2.85. The van der Waals surface area contributed by atoms with Crippen molar-refractivity contribution in [1.82, 2.24) is 5.32 Å². The van der Waals surface area contributed by atoms with Crippen LogP contribution in [0.25, 0.3) is 0 Å². The first-order valence-corrected chi connectivity index (χ1v) is 5.82. The Bertz CT molecular complexity index is 381. The maximum absolute atomic E-state index is 11.5. The van der Waals surface area contributed by atoms with Crippen LogP contribution in [0.1, 0.15) is 6.92 Å². The van der Waals surface area contributed by atoms with Gasteiger partial charge in [-0.1, -0.05) is 6.07 Å². The molecule has 0 aliphatic heterocycles.